The van der Waals surface area contributed by atoms with Crippen molar-refractivity contribution >= 4 is 17.8 Å². The lowest BCUT2D eigenvalue weighted by Crippen LogP contribution is -2.43. The first-order valence-electron chi connectivity index (χ1n) is 9.15. The summed E-state index contributed by atoms with van der Waals surface area (Å²) in [5.41, 5.74) is 2.39. The van der Waals surface area contributed by atoms with Crippen molar-refractivity contribution in [2.45, 2.75) is 39.5 Å². The second kappa shape index (κ2) is 9.69. The molecule has 0 fully saturated rings. The lowest BCUT2D eigenvalue weighted by atomic mass is 10.1. The first-order chi connectivity index (χ1) is 13.3. The highest BCUT2D eigenvalue weighted by Gasteiger charge is 2.25. The van der Waals surface area contributed by atoms with E-state index in [4.69, 9.17) is 4.74 Å². The van der Waals surface area contributed by atoms with Crippen molar-refractivity contribution in [2.24, 2.45) is 0 Å². The van der Waals surface area contributed by atoms with Gasteiger partial charge in [0.1, 0.15) is 6.04 Å². The predicted molar refractivity (Wildman–Crippen MR) is 107 cm³/mol. The monoisotopic (exact) mass is 382 g/mol. The van der Waals surface area contributed by atoms with Gasteiger partial charge >= 0.3 is 5.97 Å². The van der Waals surface area contributed by atoms with Gasteiger partial charge in [0, 0.05) is 19.2 Å². The molecule has 2 aromatic rings. The molecule has 0 aliphatic heterocycles. The maximum absolute atomic E-state index is 12.4. The van der Waals surface area contributed by atoms with Crippen molar-refractivity contribution in [3.05, 3.63) is 71.3 Å². The Bertz CT molecular complexity index is 835. The second-order valence-electron chi connectivity index (χ2n) is 6.82. The minimum atomic E-state index is -0.945. The van der Waals surface area contributed by atoms with E-state index in [1.807, 2.05) is 43.3 Å². The van der Waals surface area contributed by atoms with E-state index in [1.165, 1.54) is 18.7 Å². The molecule has 6 heteroatoms. The molecule has 2 amide bonds. The van der Waals surface area contributed by atoms with Crippen LogP contribution >= 0.6 is 0 Å². The largest absolute Gasteiger partial charge is 0.451 e. The maximum Gasteiger partial charge on any atom is 0.329 e. The summed E-state index contributed by atoms with van der Waals surface area (Å²) < 4.78 is 5.25. The summed E-state index contributed by atoms with van der Waals surface area (Å²) in [5, 5.41) is 2.60. The molecule has 28 heavy (non-hydrogen) atoms. The molecule has 0 saturated heterocycles. The van der Waals surface area contributed by atoms with Gasteiger partial charge in [-0.05, 0) is 38.5 Å². The van der Waals surface area contributed by atoms with Gasteiger partial charge in [0.2, 0.25) is 0 Å². The smallest absolute Gasteiger partial charge is 0.329 e. The molecule has 0 aliphatic rings. The number of amides is 2. The number of nitrogens with zero attached hydrogens (tertiary/aromatic N) is 1. The minimum Gasteiger partial charge on any atom is -0.451 e. The Balaban J connectivity index is 1.88. The molecule has 0 aliphatic carbocycles. The van der Waals surface area contributed by atoms with Crippen LogP contribution in [-0.4, -0.2) is 41.9 Å². The molecule has 1 N–H and O–H groups in total. The summed E-state index contributed by atoms with van der Waals surface area (Å²) in [6.45, 7) is 5.35. The van der Waals surface area contributed by atoms with Crippen LogP contribution in [0.5, 0.6) is 0 Å². The molecule has 6 nitrogen and oxygen atoms in total. The fourth-order valence-corrected chi connectivity index (χ4v) is 2.70. The molecular formula is C22H26N2O4. The zero-order valence-corrected chi connectivity index (χ0v) is 16.6. The zero-order chi connectivity index (χ0) is 20.7. The number of aryl methyl sites for hydroxylation is 1. The summed E-state index contributed by atoms with van der Waals surface area (Å²) in [6.07, 6.45) is -0.945. The topological polar surface area (TPSA) is 75.7 Å². The Morgan fingerprint density at radius 2 is 1.71 bits per heavy atom. The Hall–Kier alpha value is -3.15. The van der Waals surface area contributed by atoms with Gasteiger partial charge < -0.3 is 15.0 Å². The first-order valence-corrected chi connectivity index (χ1v) is 9.15. The van der Waals surface area contributed by atoms with E-state index in [0.29, 0.717) is 12.1 Å². The standard InChI is InChI=1S/C22H26N2O4/c1-15-9-8-12-19(13-15)20(25)23-16(2)22(27)28-17(3)21(26)24(4)14-18-10-6-5-7-11-18/h5-13,16-17H,14H2,1-4H3,(H,23,25)/t16-,17-/m0/s1. The zero-order valence-electron chi connectivity index (χ0n) is 16.6. The third-order valence-corrected chi connectivity index (χ3v) is 4.26. The van der Waals surface area contributed by atoms with Gasteiger partial charge in [-0.3, -0.25) is 9.59 Å². The minimum absolute atomic E-state index is 0.311. The van der Waals surface area contributed by atoms with Crippen molar-refractivity contribution in [3.63, 3.8) is 0 Å². The van der Waals surface area contributed by atoms with Crippen LogP contribution in [0.3, 0.4) is 0 Å². The molecule has 0 radical (unpaired) electrons. The number of carbonyl (C=O) groups is 3. The van der Waals surface area contributed by atoms with Crippen LogP contribution in [0.4, 0.5) is 0 Å². The summed E-state index contributed by atoms with van der Waals surface area (Å²) >= 11 is 0. The number of likely N-dealkylation sites (N-methyl/N-ethyl adjacent to an activating group) is 1. The van der Waals surface area contributed by atoms with Gasteiger partial charge in [-0.25, -0.2) is 4.79 Å². The molecule has 2 aromatic carbocycles. The Morgan fingerprint density at radius 1 is 1.04 bits per heavy atom. The Morgan fingerprint density at radius 3 is 2.36 bits per heavy atom. The van der Waals surface area contributed by atoms with Crippen LogP contribution in [0.25, 0.3) is 0 Å². The van der Waals surface area contributed by atoms with Crippen molar-refractivity contribution in [1.82, 2.24) is 10.2 Å². The molecule has 0 heterocycles. The number of nitrogens with one attached hydrogen (secondary N) is 1. The molecular weight excluding hydrogens is 356 g/mol. The van der Waals surface area contributed by atoms with E-state index in [-0.39, 0.29) is 11.8 Å². The normalized spacial score (nSPS) is 12.6. The number of esters is 1. The summed E-state index contributed by atoms with van der Waals surface area (Å²) in [5.74, 6) is -1.34. The Labute approximate surface area is 165 Å². The van der Waals surface area contributed by atoms with Crippen LogP contribution < -0.4 is 5.32 Å². The van der Waals surface area contributed by atoms with Gasteiger partial charge in [-0.2, -0.15) is 0 Å². The summed E-state index contributed by atoms with van der Waals surface area (Å²) in [6, 6.07) is 15.7. The van der Waals surface area contributed by atoms with Crippen LogP contribution in [0, 0.1) is 6.92 Å². The van der Waals surface area contributed by atoms with E-state index in [0.717, 1.165) is 11.1 Å². The number of hydrogen-bond donors (Lipinski definition) is 1. The quantitative estimate of drug-likeness (QED) is 0.747. The van der Waals surface area contributed by atoms with Crippen molar-refractivity contribution in [2.75, 3.05) is 7.05 Å². The highest BCUT2D eigenvalue weighted by Crippen LogP contribution is 2.08. The first kappa shape index (κ1) is 21.2. The second-order valence-corrected chi connectivity index (χ2v) is 6.82. The van der Waals surface area contributed by atoms with Gasteiger partial charge in [-0.15, -0.1) is 0 Å². The number of ether oxygens (including phenoxy) is 1. The lowest BCUT2D eigenvalue weighted by molar-refractivity contribution is -0.159. The molecule has 0 bridgehead atoms. The molecule has 0 aromatic heterocycles. The van der Waals surface area contributed by atoms with Gasteiger partial charge in [0.15, 0.2) is 6.10 Å². The maximum atomic E-state index is 12.4. The summed E-state index contributed by atoms with van der Waals surface area (Å²) in [7, 11) is 1.66. The highest BCUT2D eigenvalue weighted by molar-refractivity contribution is 5.97. The number of benzene rings is 2. The fourth-order valence-electron chi connectivity index (χ4n) is 2.70. The van der Waals surface area contributed by atoms with Crippen LogP contribution in [0.1, 0.15) is 35.3 Å². The predicted octanol–water partition coefficient (Wildman–Crippen LogP) is 2.70. The van der Waals surface area contributed by atoms with E-state index in [2.05, 4.69) is 5.32 Å². The number of carbonyl (C=O) groups excluding carboxylic acids is 3. The molecule has 2 atom stereocenters. The van der Waals surface area contributed by atoms with Crippen LogP contribution in [-0.2, 0) is 20.9 Å². The SMILES string of the molecule is Cc1cccc(C(=O)N[C@@H](C)C(=O)O[C@@H](C)C(=O)N(C)Cc2ccccc2)c1. The molecule has 2 rings (SSSR count). The molecule has 0 spiro atoms. The summed E-state index contributed by atoms with van der Waals surface area (Å²) in [4.78, 5) is 38.5. The van der Waals surface area contributed by atoms with Crippen molar-refractivity contribution in [1.29, 1.82) is 0 Å². The Kier molecular flexibility index (Phi) is 7.32. The van der Waals surface area contributed by atoms with Crippen molar-refractivity contribution < 1.29 is 19.1 Å². The molecule has 148 valence electrons. The fraction of sp³-hybridized carbons (Fsp3) is 0.318. The lowest BCUT2D eigenvalue weighted by Gasteiger charge is -2.23. The van der Waals surface area contributed by atoms with Gasteiger partial charge in [0.05, 0.1) is 0 Å². The third kappa shape index (κ3) is 5.94. The van der Waals surface area contributed by atoms with Gasteiger partial charge in [0.25, 0.3) is 11.8 Å². The van der Waals surface area contributed by atoms with Crippen molar-refractivity contribution in [3.8, 4) is 0 Å². The molecule has 0 saturated carbocycles. The number of rotatable bonds is 7. The highest BCUT2D eigenvalue weighted by atomic mass is 16.5. The van der Waals surface area contributed by atoms with E-state index >= 15 is 0 Å². The average molecular weight is 382 g/mol. The van der Waals surface area contributed by atoms with E-state index < -0.39 is 18.1 Å². The number of hydrogen-bond acceptors (Lipinski definition) is 4. The van der Waals surface area contributed by atoms with E-state index in [9.17, 15) is 14.4 Å². The third-order valence-electron chi connectivity index (χ3n) is 4.26. The molecule has 0 unspecified atom stereocenters. The van der Waals surface area contributed by atoms with Gasteiger partial charge in [-0.1, -0.05) is 48.0 Å². The van der Waals surface area contributed by atoms with E-state index in [1.54, 1.807) is 25.2 Å². The average Bonchev–Trinajstić information content (AvgIpc) is 2.67. The van der Waals surface area contributed by atoms with Crippen LogP contribution in [0.15, 0.2) is 54.6 Å². The van der Waals surface area contributed by atoms with Crippen LogP contribution in [0.2, 0.25) is 0 Å².